The van der Waals surface area contributed by atoms with Gasteiger partial charge >= 0.3 is 17.9 Å². The third kappa shape index (κ3) is 6.14. The molecule has 6 atom stereocenters. The number of rotatable bonds is 8. The van der Waals surface area contributed by atoms with Gasteiger partial charge < -0.3 is 19.9 Å². The van der Waals surface area contributed by atoms with Gasteiger partial charge in [-0.2, -0.15) is 0 Å². The Morgan fingerprint density at radius 3 is 2.02 bits per heavy atom. The van der Waals surface area contributed by atoms with Crippen molar-refractivity contribution < 1.29 is 43.3 Å². The van der Waals surface area contributed by atoms with Gasteiger partial charge in [0.1, 0.15) is 13.2 Å². The van der Waals surface area contributed by atoms with Gasteiger partial charge in [-0.3, -0.25) is 19.2 Å². The molecule has 238 valence electrons. The number of carbonyl (C=O) groups is 6. The van der Waals surface area contributed by atoms with Gasteiger partial charge in [0.05, 0.1) is 17.2 Å². The fraction of sp³-hybridized carbons (Fsp3) is 0.576. The Kier molecular flexibility index (Phi) is 8.83. The van der Waals surface area contributed by atoms with E-state index in [9.17, 15) is 33.9 Å². The van der Waals surface area contributed by atoms with Crippen molar-refractivity contribution in [2.45, 2.75) is 72.3 Å². The summed E-state index contributed by atoms with van der Waals surface area (Å²) in [7, 11) is 0. The lowest BCUT2D eigenvalue weighted by Gasteiger charge is -2.35. The van der Waals surface area contributed by atoms with Gasteiger partial charge in [0.2, 0.25) is 17.7 Å². The highest BCUT2D eigenvalue weighted by Crippen LogP contribution is 2.60. The van der Waals surface area contributed by atoms with E-state index in [1.165, 1.54) is 13.0 Å². The fourth-order valence-electron chi connectivity index (χ4n) is 7.06. The zero-order valence-corrected chi connectivity index (χ0v) is 26.4. The molecule has 1 aliphatic heterocycles. The summed E-state index contributed by atoms with van der Waals surface area (Å²) in [6.07, 6.45) is 0.201. The van der Waals surface area contributed by atoms with Crippen molar-refractivity contribution in [3.05, 3.63) is 41.5 Å². The minimum Gasteiger partial charge on any atom is -0.481 e. The van der Waals surface area contributed by atoms with Crippen LogP contribution in [0.1, 0.15) is 77.2 Å². The van der Waals surface area contributed by atoms with Gasteiger partial charge in [0.15, 0.2) is 0 Å². The van der Waals surface area contributed by atoms with Crippen LogP contribution in [0.25, 0.3) is 0 Å². The molecular formula is C33H42N2O9. The van der Waals surface area contributed by atoms with Crippen LogP contribution in [0.2, 0.25) is 0 Å². The summed E-state index contributed by atoms with van der Waals surface area (Å²) in [4.78, 5) is 80.4. The van der Waals surface area contributed by atoms with Crippen molar-refractivity contribution in [1.82, 2.24) is 5.32 Å². The van der Waals surface area contributed by atoms with E-state index in [2.05, 4.69) is 11.9 Å². The predicted molar refractivity (Wildman–Crippen MR) is 159 cm³/mol. The van der Waals surface area contributed by atoms with Crippen LogP contribution in [-0.4, -0.2) is 59.5 Å². The number of carbonyl (C=O) groups excluding carboxylic acids is 5. The van der Waals surface area contributed by atoms with Gasteiger partial charge in [0, 0.05) is 28.9 Å². The minimum absolute atomic E-state index is 0.0243. The van der Waals surface area contributed by atoms with Crippen LogP contribution in [0.15, 0.2) is 30.4 Å². The molecular weight excluding hydrogens is 568 g/mol. The molecule has 0 radical (unpaired) electrons. The molecule has 2 bridgehead atoms. The van der Waals surface area contributed by atoms with Crippen molar-refractivity contribution in [3.63, 3.8) is 0 Å². The summed E-state index contributed by atoms with van der Waals surface area (Å²) >= 11 is 0. The number of hydrogen-bond acceptors (Lipinski definition) is 8. The quantitative estimate of drug-likeness (QED) is 0.194. The molecule has 11 heteroatoms. The predicted octanol–water partition coefficient (Wildman–Crippen LogP) is 3.64. The highest BCUT2D eigenvalue weighted by molar-refractivity contribution is 6.21. The third-order valence-corrected chi connectivity index (χ3v) is 8.74. The number of carboxylic acid groups (broad SMARTS) is 1. The fourth-order valence-corrected chi connectivity index (χ4v) is 7.06. The number of hydrogen-bond donors (Lipinski definition) is 2. The largest absolute Gasteiger partial charge is 0.481 e. The van der Waals surface area contributed by atoms with Crippen LogP contribution in [-0.2, 0) is 38.9 Å². The molecule has 1 saturated heterocycles. The van der Waals surface area contributed by atoms with E-state index in [1.807, 2.05) is 41.5 Å². The number of nitrogens with zero attached hydrogens (tertiary/aromatic N) is 1. The van der Waals surface area contributed by atoms with Gasteiger partial charge in [-0.1, -0.05) is 39.5 Å². The highest BCUT2D eigenvalue weighted by atomic mass is 16.6. The average molecular weight is 611 g/mol. The van der Waals surface area contributed by atoms with Crippen molar-refractivity contribution in [2.75, 3.05) is 18.1 Å². The van der Waals surface area contributed by atoms with Crippen LogP contribution in [0, 0.1) is 35.5 Å². The topological polar surface area (TPSA) is 156 Å². The summed E-state index contributed by atoms with van der Waals surface area (Å²) < 4.78 is 10.5. The number of benzene rings is 1. The molecule has 3 amide bonds. The summed E-state index contributed by atoms with van der Waals surface area (Å²) in [6.45, 7) is 15.6. The van der Waals surface area contributed by atoms with Crippen LogP contribution in [0.3, 0.4) is 0 Å². The number of nitrogens with one attached hydrogen (secondary N) is 1. The first-order valence-electron chi connectivity index (χ1n) is 14.9. The highest BCUT2D eigenvalue weighted by Gasteiger charge is 2.66. The van der Waals surface area contributed by atoms with Crippen molar-refractivity contribution in [2.24, 2.45) is 35.5 Å². The Morgan fingerprint density at radius 1 is 0.932 bits per heavy atom. The SMILES string of the molecule is C=C(C)C(=O)OCCOC(=O)c1c(N2C(=O)C3CC(C2=O)C2C(C(=O)NC(C)(C)C)CC(C(=O)O)C32)cccc1C(C)(C)C. The lowest BCUT2D eigenvalue weighted by molar-refractivity contribution is -0.144. The molecule has 1 aromatic rings. The second kappa shape index (κ2) is 11.8. The summed E-state index contributed by atoms with van der Waals surface area (Å²) in [5.41, 5.74) is -0.368. The maximum atomic E-state index is 14.2. The molecule has 2 N–H and O–H groups in total. The number of anilines is 1. The van der Waals surface area contributed by atoms with Crippen molar-refractivity contribution in [1.29, 1.82) is 0 Å². The smallest absolute Gasteiger partial charge is 0.340 e. The molecule has 3 fully saturated rings. The summed E-state index contributed by atoms with van der Waals surface area (Å²) in [5.74, 6) is -8.63. The molecule has 2 aliphatic carbocycles. The molecule has 2 saturated carbocycles. The lowest BCUT2D eigenvalue weighted by Crippen LogP contribution is -2.50. The standard InChI is InChI=1S/C33H42N2O9/c1-16(2)30(41)43-12-13-44-31(42)25-21(32(3,4)5)10-9-11-22(25)35-27(37)18-15-19(28(35)38)24-20(29(39)40)14-17(23(18)24)26(36)34-33(6,7)8/h9-11,17-20,23-24H,1,12-15H2,2-8H3,(H,34,36)(H,39,40). The Hall–Kier alpha value is -4.02. The molecule has 0 aromatic heterocycles. The third-order valence-electron chi connectivity index (χ3n) is 8.74. The Morgan fingerprint density at radius 2 is 1.50 bits per heavy atom. The van der Waals surface area contributed by atoms with E-state index in [4.69, 9.17) is 9.47 Å². The van der Waals surface area contributed by atoms with E-state index in [-0.39, 0.29) is 48.8 Å². The van der Waals surface area contributed by atoms with Gasteiger partial charge in [-0.15, -0.1) is 0 Å². The number of fused-ring (bicyclic) bond motifs is 5. The van der Waals surface area contributed by atoms with Crippen LogP contribution in [0.4, 0.5) is 5.69 Å². The Labute approximate surface area is 257 Å². The summed E-state index contributed by atoms with van der Waals surface area (Å²) in [6, 6.07) is 4.87. The van der Waals surface area contributed by atoms with E-state index in [1.54, 1.807) is 12.1 Å². The lowest BCUT2D eigenvalue weighted by atomic mass is 9.81. The normalized spacial score (nSPS) is 26.2. The molecule has 44 heavy (non-hydrogen) atoms. The number of imide groups is 1. The van der Waals surface area contributed by atoms with E-state index in [0.717, 1.165) is 4.90 Å². The second-order valence-corrected chi connectivity index (χ2v) is 14.1. The second-order valence-electron chi connectivity index (χ2n) is 14.1. The zero-order valence-electron chi connectivity index (χ0n) is 26.4. The number of amides is 3. The zero-order chi connectivity index (χ0) is 32.9. The maximum Gasteiger partial charge on any atom is 0.340 e. The monoisotopic (exact) mass is 610 g/mol. The van der Waals surface area contributed by atoms with Gasteiger partial charge in [-0.25, -0.2) is 14.5 Å². The first kappa shape index (κ1) is 32.9. The van der Waals surface area contributed by atoms with E-state index in [0.29, 0.717) is 5.56 Å². The number of ether oxygens (including phenoxy) is 2. The van der Waals surface area contributed by atoms with Crippen LogP contribution in [0.5, 0.6) is 0 Å². The van der Waals surface area contributed by atoms with Crippen LogP contribution >= 0.6 is 0 Å². The van der Waals surface area contributed by atoms with Crippen molar-refractivity contribution in [3.8, 4) is 0 Å². The number of aliphatic carboxylic acids is 1. The van der Waals surface area contributed by atoms with Crippen LogP contribution < -0.4 is 10.2 Å². The number of carboxylic acids is 1. The van der Waals surface area contributed by atoms with E-state index < -0.39 is 76.2 Å². The number of piperidine rings is 1. The van der Waals surface area contributed by atoms with E-state index >= 15 is 0 Å². The Bertz CT molecular complexity index is 1420. The molecule has 3 aliphatic rings. The van der Waals surface area contributed by atoms with Crippen molar-refractivity contribution >= 4 is 41.3 Å². The molecule has 4 rings (SSSR count). The molecule has 0 spiro atoms. The first-order chi connectivity index (χ1) is 20.3. The molecule has 11 nitrogen and oxygen atoms in total. The van der Waals surface area contributed by atoms with Gasteiger partial charge in [0.25, 0.3) is 0 Å². The molecule has 1 heterocycles. The maximum absolute atomic E-state index is 14.2. The van der Waals surface area contributed by atoms with Gasteiger partial charge in [-0.05, 0) is 69.4 Å². The molecule has 6 unspecified atom stereocenters. The summed E-state index contributed by atoms with van der Waals surface area (Å²) in [5, 5.41) is 13.0. The Balaban J connectivity index is 1.72. The number of esters is 2. The minimum atomic E-state index is -1.10. The average Bonchev–Trinajstić information content (AvgIpc) is 3.46. The first-order valence-corrected chi connectivity index (χ1v) is 14.9. The molecule has 1 aromatic carbocycles.